The van der Waals surface area contributed by atoms with Crippen molar-refractivity contribution in [1.82, 2.24) is 16.0 Å². The van der Waals surface area contributed by atoms with Crippen molar-refractivity contribution < 1.29 is 4.74 Å². The number of nitrogens with zero attached hydrogens (tertiary/aromatic N) is 1. The molecule has 5 nitrogen and oxygen atoms in total. The van der Waals surface area contributed by atoms with Crippen LogP contribution in [-0.4, -0.2) is 43.3 Å². The van der Waals surface area contributed by atoms with Crippen LogP contribution in [0.4, 0.5) is 0 Å². The van der Waals surface area contributed by atoms with E-state index in [1.54, 1.807) is 0 Å². The predicted octanol–water partition coefficient (Wildman–Crippen LogP) is 4.10. The molecule has 1 aliphatic heterocycles. The van der Waals surface area contributed by atoms with Crippen LogP contribution in [0, 0.1) is 11.3 Å². The molecule has 1 heterocycles. The van der Waals surface area contributed by atoms with Crippen LogP contribution in [0.25, 0.3) is 0 Å². The minimum atomic E-state index is -0.105. The molecule has 0 bridgehead atoms. The van der Waals surface area contributed by atoms with Gasteiger partial charge >= 0.3 is 0 Å². The molecule has 3 N–H and O–H groups in total. The van der Waals surface area contributed by atoms with E-state index < -0.39 is 0 Å². The molecule has 1 saturated carbocycles. The lowest BCUT2D eigenvalue weighted by Gasteiger charge is -2.55. The maximum atomic E-state index is 5.93. The van der Waals surface area contributed by atoms with E-state index in [4.69, 9.17) is 9.73 Å². The first-order valence-corrected chi connectivity index (χ1v) is 10.7. The van der Waals surface area contributed by atoms with Gasteiger partial charge in [0.2, 0.25) is 0 Å². The second kappa shape index (κ2) is 9.96. The second-order valence-electron chi connectivity index (χ2n) is 9.54. The van der Waals surface area contributed by atoms with Crippen LogP contribution in [0.3, 0.4) is 0 Å². The summed E-state index contributed by atoms with van der Waals surface area (Å²) in [5, 5.41) is 10.9. The van der Waals surface area contributed by atoms with Gasteiger partial charge in [0, 0.05) is 42.1 Å². The number of guanidine groups is 1. The van der Waals surface area contributed by atoms with E-state index in [1.807, 2.05) is 0 Å². The molecule has 6 heteroatoms. The molecule has 1 aromatic carbocycles. The summed E-state index contributed by atoms with van der Waals surface area (Å²) >= 11 is 0. The van der Waals surface area contributed by atoms with Gasteiger partial charge in [0.25, 0.3) is 0 Å². The normalized spacial score (nSPS) is 26.7. The predicted molar refractivity (Wildman–Crippen MR) is 132 cm³/mol. The van der Waals surface area contributed by atoms with Gasteiger partial charge in [-0.1, -0.05) is 44.2 Å². The average Bonchev–Trinajstić information content (AvgIpc) is 3.11. The van der Waals surface area contributed by atoms with Crippen molar-refractivity contribution in [3.8, 4) is 0 Å². The van der Waals surface area contributed by atoms with Gasteiger partial charge in [-0.2, -0.15) is 0 Å². The molecule has 4 atom stereocenters. The fourth-order valence-electron chi connectivity index (χ4n) is 4.82. The number of nitrogens with one attached hydrogen (secondary N) is 3. The lowest BCUT2D eigenvalue weighted by atomic mass is 9.57. The molecule has 2 fully saturated rings. The zero-order valence-corrected chi connectivity index (χ0v) is 21.1. The molecule has 0 amide bonds. The highest BCUT2D eigenvalue weighted by molar-refractivity contribution is 14.0. The molecule has 1 saturated heterocycles. The van der Waals surface area contributed by atoms with Gasteiger partial charge < -0.3 is 20.7 Å². The van der Waals surface area contributed by atoms with Crippen molar-refractivity contribution in [2.75, 3.05) is 19.7 Å². The van der Waals surface area contributed by atoms with Gasteiger partial charge in [-0.3, -0.25) is 4.99 Å². The Balaban J connectivity index is 0.00000300. The van der Waals surface area contributed by atoms with Gasteiger partial charge in [-0.05, 0) is 39.7 Å². The maximum Gasteiger partial charge on any atom is 0.191 e. The molecule has 29 heavy (non-hydrogen) atoms. The zero-order valence-electron chi connectivity index (χ0n) is 18.8. The minimum Gasteiger partial charge on any atom is -0.377 e. The van der Waals surface area contributed by atoms with E-state index in [0.29, 0.717) is 24.6 Å². The van der Waals surface area contributed by atoms with Crippen molar-refractivity contribution in [2.45, 2.75) is 71.7 Å². The lowest BCUT2D eigenvalue weighted by Crippen LogP contribution is -2.68. The highest BCUT2D eigenvalue weighted by atomic mass is 127. The topological polar surface area (TPSA) is 57.7 Å². The van der Waals surface area contributed by atoms with E-state index in [-0.39, 0.29) is 41.0 Å². The second-order valence-corrected chi connectivity index (χ2v) is 9.54. The maximum absolute atomic E-state index is 5.93. The smallest absolute Gasteiger partial charge is 0.191 e. The highest BCUT2D eigenvalue weighted by Crippen LogP contribution is 2.52. The van der Waals surface area contributed by atoms with E-state index in [2.05, 4.69) is 87.8 Å². The van der Waals surface area contributed by atoms with Crippen LogP contribution in [0.1, 0.15) is 59.6 Å². The standard InChI is InChI=1S/C23H38N4O.HI/c1-7-24-21(26-19-18-13-14-28-20(18)23(19,5)6)25-15-22(3,4)27-16(2)17-11-9-8-10-12-17;/h8-12,16,18-20,27H,7,13-15H2,1-6H3,(H2,24,25,26);1H. The summed E-state index contributed by atoms with van der Waals surface area (Å²) in [6, 6.07) is 11.3. The van der Waals surface area contributed by atoms with E-state index in [1.165, 1.54) is 5.56 Å². The Hall–Kier alpha value is -0.860. The number of ether oxygens (including phenoxy) is 1. The van der Waals surface area contributed by atoms with Crippen LogP contribution in [0.15, 0.2) is 35.3 Å². The summed E-state index contributed by atoms with van der Waals surface area (Å²) < 4.78 is 5.93. The Bertz CT molecular complexity index is 677. The van der Waals surface area contributed by atoms with Crippen molar-refractivity contribution >= 4 is 29.9 Å². The Morgan fingerprint density at radius 2 is 1.97 bits per heavy atom. The van der Waals surface area contributed by atoms with Crippen molar-refractivity contribution in [3.05, 3.63) is 35.9 Å². The fraction of sp³-hybridized carbons (Fsp3) is 0.696. The Morgan fingerprint density at radius 3 is 2.62 bits per heavy atom. The number of rotatable bonds is 7. The van der Waals surface area contributed by atoms with Crippen molar-refractivity contribution in [1.29, 1.82) is 0 Å². The van der Waals surface area contributed by atoms with Crippen LogP contribution in [-0.2, 0) is 4.74 Å². The SMILES string of the molecule is CCNC(=NCC(C)(C)NC(C)c1ccccc1)NC1C2CCOC2C1(C)C.I. The molecule has 164 valence electrons. The molecule has 0 spiro atoms. The molecule has 3 rings (SSSR count). The molecule has 2 aliphatic rings. The number of fused-ring (bicyclic) bond motifs is 1. The quantitative estimate of drug-likeness (QED) is 0.292. The number of hydrogen-bond acceptors (Lipinski definition) is 3. The molecular formula is C23H39IN4O. The van der Waals surface area contributed by atoms with Gasteiger partial charge in [0.15, 0.2) is 5.96 Å². The molecule has 0 radical (unpaired) electrons. The van der Waals surface area contributed by atoms with Crippen molar-refractivity contribution in [2.24, 2.45) is 16.3 Å². The summed E-state index contributed by atoms with van der Waals surface area (Å²) in [6.45, 7) is 15.8. The van der Waals surface area contributed by atoms with E-state index >= 15 is 0 Å². The average molecular weight is 514 g/mol. The number of aliphatic imine (C=N–C) groups is 1. The monoisotopic (exact) mass is 514 g/mol. The molecular weight excluding hydrogens is 475 g/mol. The third kappa shape index (κ3) is 5.64. The zero-order chi connectivity index (χ0) is 20.4. The van der Waals surface area contributed by atoms with E-state index in [0.717, 1.165) is 25.5 Å². The van der Waals surface area contributed by atoms with Gasteiger partial charge in [0.05, 0.1) is 12.6 Å². The third-order valence-corrected chi connectivity index (χ3v) is 6.28. The number of hydrogen-bond donors (Lipinski definition) is 3. The minimum absolute atomic E-state index is 0. The Kier molecular flexibility index (Phi) is 8.39. The molecule has 1 aliphatic carbocycles. The van der Waals surface area contributed by atoms with Gasteiger partial charge in [-0.25, -0.2) is 0 Å². The van der Waals surface area contributed by atoms with Gasteiger partial charge in [-0.15, -0.1) is 24.0 Å². The van der Waals surface area contributed by atoms with Crippen LogP contribution >= 0.6 is 24.0 Å². The Morgan fingerprint density at radius 1 is 1.28 bits per heavy atom. The fourth-order valence-corrected chi connectivity index (χ4v) is 4.82. The van der Waals surface area contributed by atoms with Crippen LogP contribution in [0.2, 0.25) is 0 Å². The first-order chi connectivity index (χ1) is 13.2. The highest BCUT2D eigenvalue weighted by Gasteiger charge is 2.59. The van der Waals surface area contributed by atoms with E-state index in [9.17, 15) is 0 Å². The summed E-state index contributed by atoms with van der Waals surface area (Å²) in [6.07, 6.45) is 1.53. The lowest BCUT2D eigenvalue weighted by molar-refractivity contribution is -0.106. The first-order valence-electron chi connectivity index (χ1n) is 10.7. The number of halogens is 1. The summed E-state index contributed by atoms with van der Waals surface area (Å²) in [5.41, 5.74) is 1.34. The third-order valence-electron chi connectivity index (χ3n) is 6.28. The van der Waals surface area contributed by atoms with Crippen molar-refractivity contribution in [3.63, 3.8) is 0 Å². The molecule has 0 aromatic heterocycles. The van der Waals surface area contributed by atoms with Crippen LogP contribution in [0.5, 0.6) is 0 Å². The summed E-state index contributed by atoms with van der Waals surface area (Å²) in [5.74, 6) is 1.51. The number of benzene rings is 1. The largest absolute Gasteiger partial charge is 0.377 e. The first kappa shape index (κ1) is 24.4. The Labute approximate surface area is 193 Å². The molecule has 1 aromatic rings. The summed E-state index contributed by atoms with van der Waals surface area (Å²) in [4.78, 5) is 4.92. The van der Waals surface area contributed by atoms with Crippen LogP contribution < -0.4 is 16.0 Å². The summed E-state index contributed by atoms with van der Waals surface area (Å²) in [7, 11) is 0. The molecule has 4 unspecified atom stereocenters. The van der Waals surface area contributed by atoms with Gasteiger partial charge in [0.1, 0.15) is 0 Å².